The summed E-state index contributed by atoms with van der Waals surface area (Å²) < 4.78 is 5.92. The molecule has 1 saturated heterocycles. The molecule has 0 unspecified atom stereocenters. The molecule has 2 aromatic carbocycles. The Morgan fingerprint density at radius 3 is 2.40 bits per heavy atom. The van der Waals surface area contributed by atoms with Gasteiger partial charge in [0.15, 0.2) is 0 Å². The van der Waals surface area contributed by atoms with Crippen LogP contribution in [-0.4, -0.2) is 61.6 Å². The molecule has 0 spiro atoms. The number of anilines is 1. The predicted molar refractivity (Wildman–Crippen MR) is 124 cm³/mol. The number of para-hydroxylation sites is 1. The third kappa shape index (κ3) is 6.85. The van der Waals surface area contributed by atoms with Crippen molar-refractivity contribution in [2.75, 3.05) is 45.1 Å². The lowest BCUT2D eigenvalue weighted by atomic mass is 10.0. The first kappa shape index (κ1) is 22.3. The molecule has 30 heavy (non-hydrogen) atoms. The topological polar surface area (TPSA) is 44.8 Å². The largest absolute Gasteiger partial charge is 0.490 e. The number of nitrogens with zero attached hydrogens (tertiary/aromatic N) is 2. The number of rotatable bonds is 9. The van der Waals surface area contributed by atoms with Gasteiger partial charge in [-0.2, -0.15) is 0 Å². The molecule has 0 saturated carbocycles. The Morgan fingerprint density at radius 1 is 1.00 bits per heavy atom. The molecule has 0 bridgehead atoms. The van der Waals surface area contributed by atoms with Gasteiger partial charge >= 0.3 is 0 Å². The summed E-state index contributed by atoms with van der Waals surface area (Å²) in [5.41, 5.74) is 2.98. The Kier molecular flexibility index (Phi) is 8.29. The number of nitrogens with one attached hydrogen (secondary N) is 1. The molecule has 1 aliphatic heterocycles. The van der Waals surface area contributed by atoms with Crippen LogP contribution in [0.1, 0.15) is 33.1 Å². The maximum Gasteiger partial charge on any atom is 0.224 e. The van der Waals surface area contributed by atoms with Crippen LogP contribution < -0.4 is 10.1 Å². The molecule has 2 aromatic rings. The first-order valence-corrected chi connectivity index (χ1v) is 11.1. The van der Waals surface area contributed by atoms with Crippen LogP contribution in [0.2, 0.25) is 0 Å². The summed E-state index contributed by atoms with van der Waals surface area (Å²) >= 11 is 0. The zero-order valence-electron chi connectivity index (χ0n) is 18.6. The van der Waals surface area contributed by atoms with Crippen LogP contribution in [-0.2, 0) is 4.79 Å². The van der Waals surface area contributed by atoms with E-state index in [4.69, 9.17) is 4.74 Å². The van der Waals surface area contributed by atoms with Gasteiger partial charge in [-0.1, -0.05) is 30.3 Å². The summed E-state index contributed by atoms with van der Waals surface area (Å²) in [5.74, 6) is 0.967. The van der Waals surface area contributed by atoms with E-state index in [0.717, 1.165) is 68.1 Å². The van der Waals surface area contributed by atoms with E-state index in [-0.39, 0.29) is 12.0 Å². The second-order valence-corrected chi connectivity index (χ2v) is 8.39. The van der Waals surface area contributed by atoms with Gasteiger partial charge in [0, 0.05) is 43.9 Å². The first-order chi connectivity index (χ1) is 14.5. The molecule has 5 nitrogen and oxygen atoms in total. The van der Waals surface area contributed by atoms with Crippen LogP contribution in [0.4, 0.5) is 5.69 Å². The lowest BCUT2D eigenvalue weighted by Crippen LogP contribution is -2.44. The van der Waals surface area contributed by atoms with Gasteiger partial charge in [0.05, 0.1) is 6.10 Å². The number of ether oxygens (including phenoxy) is 1. The molecule has 1 heterocycles. The van der Waals surface area contributed by atoms with Crippen LogP contribution in [0.3, 0.4) is 0 Å². The molecule has 1 amide bonds. The van der Waals surface area contributed by atoms with Gasteiger partial charge in [-0.3, -0.25) is 4.79 Å². The highest BCUT2D eigenvalue weighted by Gasteiger charge is 2.13. The van der Waals surface area contributed by atoms with Crippen LogP contribution in [0.25, 0.3) is 11.1 Å². The van der Waals surface area contributed by atoms with Gasteiger partial charge in [-0.25, -0.2) is 0 Å². The average molecular weight is 410 g/mol. The van der Waals surface area contributed by atoms with Crippen LogP contribution in [0, 0.1) is 0 Å². The molecule has 0 aromatic heterocycles. The molecular weight excluding hydrogens is 374 g/mol. The van der Waals surface area contributed by atoms with Crippen LogP contribution in [0.15, 0.2) is 48.5 Å². The average Bonchev–Trinajstić information content (AvgIpc) is 2.73. The Bertz CT molecular complexity index is 796. The second kappa shape index (κ2) is 11.1. The second-order valence-electron chi connectivity index (χ2n) is 8.39. The van der Waals surface area contributed by atoms with Crippen molar-refractivity contribution in [1.82, 2.24) is 9.80 Å². The zero-order chi connectivity index (χ0) is 21.3. The smallest absolute Gasteiger partial charge is 0.224 e. The number of benzene rings is 2. The molecular formula is C25H35N3O2. The molecule has 1 fully saturated rings. The van der Waals surface area contributed by atoms with Crippen molar-refractivity contribution in [2.24, 2.45) is 0 Å². The number of carbonyl (C=O) groups is 1. The van der Waals surface area contributed by atoms with Gasteiger partial charge in [0.2, 0.25) is 5.91 Å². The molecule has 3 rings (SSSR count). The summed E-state index contributed by atoms with van der Waals surface area (Å²) in [4.78, 5) is 17.1. The fourth-order valence-corrected chi connectivity index (χ4v) is 3.71. The number of carbonyl (C=O) groups excluding carboxylic acids is 1. The SMILES string of the molecule is CC(C)Oc1ccccc1-c1ccc(NC(=O)CCCCN2CCN(C)CC2)cc1. The normalized spacial score (nSPS) is 15.3. The highest BCUT2D eigenvalue weighted by Crippen LogP contribution is 2.31. The third-order valence-electron chi connectivity index (χ3n) is 5.45. The first-order valence-electron chi connectivity index (χ1n) is 11.1. The van der Waals surface area contributed by atoms with E-state index in [0.29, 0.717) is 6.42 Å². The summed E-state index contributed by atoms with van der Waals surface area (Å²) in [6.07, 6.45) is 2.69. The third-order valence-corrected chi connectivity index (χ3v) is 5.45. The quantitative estimate of drug-likeness (QED) is 0.620. The number of unbranched alkanes of at least 4 members (excludes halogenated alkanes) is 1. The summed E-state index contributed by atoms with van der Waals surface area (Å²) in [5, 5.41) is 3.02. The van der Waals surface area contributed by atoms with Crippen molar-refractivity contribution in [3.63, 3.8) is 0 Å². The minimum Gasteiger partial charge on any atom is -0.490 e. The maximum atomic E-state index is 12.3. The standard InChI is InChI=1S/C25H35N3O2/c1-20(2)30-24-9-5-4-8-23(24)21-11-13-22(14-12-21)26-25(29)10-6-7-15-28-18-16-27(3)17-19-28/h4-5,8-9,11-14,20H,6-7,10,15-19H2,1-3H3,(H,26,29). The minimum absolute atomic E-state index is 0.0877. The van der Waals surface area contributed by atoms with Crippen molar-refractivity contribution in [3.8, 4) is 16.9 Å². The van der Waals surface area contributed by atoms with E-state index in [1.807, 2.05) is 56.3 Å². The van der Waals surface area contributed by atoms with Crippen molar-refractivity contribution in [2.45, 2.75) is 39.2 Å². The van der Waals surface area contributed by atoms with E-state index in [2.05, 4.69) is 28.2 Å². The minimum atomic E-state index is 0.0877. The van der Waals surface area contributed by atoms with Crippen LogP contribution in [0.5, 0.6) is 5.75 Å². The van der Waals surface area contributed by atoms with Gasteiger partial charge < -0.3 is 19.9 Å². The fourth-order valence-electron chi connectivity index (χ4n) is 3.71. The molecule has 162 valence electrons. The van der Waals surface area contributed by atoms with Gasteiger partial charge in [0.1, 0.15) is 5.75 Å². The number of hydrogen-bond donors (Lipinski definition) is 1. The van der Waals surface area contributed by atoms with Crippen LogP contribution >= 0.6 is 0 Å². The van der Waals surface area contributed by atoms with E-state index < -0.39 is 0 Å². The van der Waals surface area contributed by atoms with E-state index in [9.17, 15) is 4.79 Å². The van der Waals surface area contributed by atoms with E-state index in [1.54, 1.807) is 0 Å². The van der Waals surface area contributed by atoms with Crippen molar-refractivity contribution in [3.05, 3.63) is 48.5 Å². The number of piperazine rings is 1. The highest BCUT2D eigenvalue weighted by atomic mass is 16.5. The van der Waals surface area contributed by atoms with Crippen molar-refractivity contribution >= 4 is 11.6 Å². The fraction of sp³-hybridized carbons (Fsp3) is 0.480. The van der Waals surface area contributed by atoms with E-state index in [1.165, 1.54) is 0 Å². The molecule has 0 aliphatic carbocycles. The Labute approximate surface area is 181 Å². The Morgan fingerprint density at radius 2 is 1.70 bits per heavy atom. The van der Waals surface area contributed by atoms with Gasteiger partial charge in [0.25, 0.3) is 0 Å². The molecule has 1 N–H and O–H groups in total. The molecule has 1 aliphatic rings. The summed E-state index contributed by atoms with van der Waals surface area (Å²) in [7, 11) is 2.17. The maximum absolute atomic E-state index is 12.3. The monoisotopic (exact) mass is 409 g/mol. The Balaban J connectivity index is 1.45. The number of likely N-dealkylation sites (N-methyl/N-ethyl adjacent to an activating group) is 1. The zero-order valence-corrected chi connectivity index (χ0v) is 18.6. The number of hydrogen-bond acceptors (Lipinski definition) is 4. The molecule has 5 heteroatoms. The lowest BCUT2D eigenvalue weighted by Gasteiger charge is -2.32. The Hall–Kier alpha value is -2.37. The van der Waals surface area contributed by atoms with Crippen molar-refractivity contribution < 1.29 is 9.53 Å². The van der Waals surface area contributed by atoms with E-state index >= 15 is 0 Å². The van der Waals surface area contributed by atoms with Gasteiger partial charge in [-0.15, -0.1) is 0 Å². The highest BCUT2D eigenvalue weighted by molar-refractivity contribution is 5.91. The van der Waals surface area contributed by atoms with Gasteiger partial charge in [-0.05, 0) is 64.0 Å². The number of amides is 1. The molecule has 0 atom stereocenters. The predicted octanol–water partition coefficient (Wildman–Crippen LogP) is 4.50. The lowest BCUT2D eigenvalue weighted by molar-refractivity contribution is -0.116. The summed E-state index contributed by atoms with van der Waals surface area (Å²) in [6.45, 7) is 9.71. The molecule has 0 radical (unpaired) electrons. The summed E-state index contributed by atoms with van der Waals surface area (Å²) in [6, 6.07) is 16.0. The van der Waals surface area contributed by atoms with Crippen molar-refractivity contribution in [1.29, 1.82) is 0 Å².